The number of nitrogens with zero attached hydrogens (tertiary/aromatic N) is 2. The van der Waals surface area contributed by atoms with E-state index in [1.807, 2.05) is 31.2 Å². The Morgan fingerprint density at radius 3 is 2.70 bits per heavy atom. The van der Waals surface area contributed by atoms with Crippen molar-refractivity contribution in [3.63, 3.8) is 0 Å². The average molecular weight is 286 g/mol. The smallest absolute Gasteiger partial charge is 0.258 e. The van der Waals surface area contributed by atoms with Gasteiger partial charge in [-0.3, -0.25) is 0 Å². The van der Waals surface area contributed by atoms with Gasteiger partial charge in [-0.2, -0.15) is 4.98 Å². The Labute approximate surface area is 121 Å². The number of nitrogens with two attached hydrogens (primary N) is 1. The monoisotopic (exact) mass is 285 g/mol. The van der Waals surface area contributed by atoms with Crippen LogP contribution in [-0.2, 0) is 0 Å². The molecule has 3 aromatic rings. The van der Waals surface area contributed by atoms with Crippen LogP contribution < -0.4 is 5.73 Å². The van der Waals surface area contributed by atoms with Crippen LogP contribution in [0.5, 0.6) is 0 Å². The van der Waals surface area contributed by atoms with Crippen molar-refractivity contribution < 1.29 is 4.52 Å². The minimum absolute atomic E-state index is 0.400. The molecule has 2 aromatic carbocycles. The van der Waals surface area contributed by atoms with Crippen LogP contribution in [0.15, 0.2) is 47.0 Å². The average Bonchev–Trinajstić information content (AvgIpc) is 2.87. The maximum Gasteiger partial charge on any atom is 0.258 e. The van der Waals surface area contributed by atoms with Crippen LogP contribution in [0.3, 0.4) is 0 Å². The van der Waals surface area contributed by atoms with Crippen LogP contribution in [-0.4, -0.2) is 10.1 Å². The lowest BCUT2D eigenvalue weighted by Crippen LogP contribution is -1.87. The molecule has 0 aliphatic carbocycles. The van der Waals surface area contributed by atoms with Gasteiger partial charge in [-0.05, 0) is 30.7 Å². The molecular weight excluding hydrogens is 274 g/mol. The van der Waals surface area contributed by atoms with Gasteiger partial charge >= 0.3 is 0 Å². The fourth-order valence-electron chi connectivity index (χ4n) is 2.01. The zero-order valence-corrected chi connectivity index (χ0v) is 11.6. The maximum absolute atomic E-state index is 5.98. The Balaban J connectivity index is 2.04. The number of benzene rings is 2. The number of rotatable bonds is 2. The normalized spacial score (nSPS) is 10.7. The first-order valence-electron chi connectivity index (χ1n) is 6.09. The van der Waals surface area contributed by atoms with E-state index < -0.39 is 0 Å². The quantitative estimate of drug-likeness (QED) is 0.724. The van der Waals surface area contributed by atoms with Gasteiger partial charge in [-0.15, -0.1) is 0 Å². The predicted octanol–water partition coefficient (Wildman–Crippen LogP) is 3.95. The lowest BCUT2D eigenvalue weighted by Gasteiger charge is -1.99. The molecule has 100 valence electrons. The maximum atomic E-state index is 5.98. The summed E-state index contributed by atoms with van der Waals surface area (Å²) >= 11 is 5.98. The lowest BCUT2D eigenvalue weighted by molar-refractivity contribution is 0.432. The summed E-state index contributed by atoms with van der Waals surface area (Å²) in [6.45, 7) is 2.00. The third kappa shape index (κ3) is 2.38. The summed E-state index contributed by atoms with van der Waals surface area (Å²) in [5, 5.41) is 4.55. The van der Waals surface area contributed by atoms with Crippen molar-refractivity contribution in [3.05, 3.63) is 53.1 Å². The molecule has 0 aliphatic heterocycles. The van der Waals surface area contributed by atoms with Crippen molar-refractivity contribution in [3.8, 4) is 22.8 Å². The molecule has 1 heterocycles. The first kappa shape index (κ1) is 12.7. The third-order valence-corrected chi connectivity index (χ3v) is 3.20. The summed E-state index contributed by atoms with van der Waals surface area (Å²) in [4.78, 5) is 4.40. The second-order valence-electron chi connectivity index (χ2n) is 4.51. The molecule has 1 aromatic heterocycles. The molecule has 0 aliphatic rings. The fraction of sp³-hybridized carbons (Fsp3) is 0.0667. The third-order valence-electron chi connectivity index (χ3n) is 2.98. The highest BCUT2D eigenvalue weighted by Gasteiger charge is 2.12. The highest BCUT2D eigenvalue weighted by Crippen LogP contribution is 2.27. The van der Waals surface area contributed by atoms with Gasteiger partial charge in [-0.25, -0.2) is 0 Å². The minimum Gasteiger partial charge on any atom is -0.399 e. The first-order chi connectivity index (χ1) is 9.63. The van der Waals surface area contributed by atoms with Crippen LogP contribution in [0.1, 0.15) is 5.56 Å². The van der Waals surface area contributed by atoms with Crippen LogP contribution in [0.2, 0.25) is 5.02 Å². The van der Waals surface area contributed by atoms with Gasteiger partial charge in [0.1, 0.15) is 0 Å². The molecule has 0 saturated carbocycles. The van der Waals surface area contributed by atoms with Gasteiger partial charge in [0, 0.05) is 21.8 Å². The molecule has 0 radical (unpaired) electrons. The van der Waals surface area contributed by atoms with Gasteiger partial charge < -0.3 is 10.3 Å². The van der Waals surface area contributed by atoms with Gasteiger partial charge in [0.25, 0.3) is 5.89 Å². The predicted molar refractivity (Wildman–Crippen MR) is 79.3 cm³/mol. The zero-order valence-electron chi connectivity index (χ0n) is 10.8. The van der Waals surface area contributed by atoms with E-state index in [0.717, 1.165) is 11.1 Å². The van der Waals surface area contributed by atoms with E-state index in [9.17, 15) is 0 Å². The molecule has 3 rings (SSSR count). The molecule has 20 heavy (non-hydrogen) atoms. The molecule has 2 N–H and O–H groups in total. The minimum atomic E-state index is 0.400. The summed E-state index contributed by atoms with van der Waals surface area (Å²) in [7, 11) is 0. The molecule has 0 fully saturated rings. The SMILES string of the molecule is Cc1ccccc1-c1noc(-c2cc(N)cc(Cl)c2)n1. The number of anilines is 1. The van der Waals surface area contributed by atoms with Gasteiger partial charge in [0.2, 0.25) is 5.82 Å². The van der Waals surface area contributed by atoms with E-state index in [4.69, 9.17) is 21.9 Å². The Morgan fingerprint density at radius 1 is 1.15 bits per heavy atom. The van der Waals surface area contributed by atoms with Crippen molar-refractivity contribution in [2.24, 2.45) is 0 Å². The van der Waals surface area contributed by atoms with E-state index in [0.29, 0.717) is 28.0 Å². The number of aryl methyl sites for hydroxylation is 1. The summed E-state index contributed by atoms with van der Waals surface area (Å²) in [5.74, 6) is 0.953. The number of aromatic nitrogens is 2. The second kappa shape index (κ2) is 4.98. The van der Waals surface area contributed by atoms with E-state index in [2.05, 4.69) is 10.1 Å². The molecule has 0 unspecified atom stereocenters. The summed E-state index contributed by atoms with van der Waals surface area (Å²) in [6.07, 6.45) is 0. The van der Waals surface area contributed by atoms with E-state index >= 15 is 0 Å². The Morgan fingerprint density at radius 2 is 1.95 bits per heavy atom. The van der Waals surface area contributed by atoms with Crippen LogP contribution >= 0.6 is 11.6 Å². The van der Waals surface area contributed by atoms with Crippen molar-refractivity contribution in [2.45, 2.75) is 6.92 Å². The van der Waals surface area contributed by atoms with Crippen molar-refractivity contribution in [1.29, 1.82) is 0 Å². The Kier molecular flexibility index (Phi) is 3.16. The zero-order chi connectivity index (χ0) is 14.1. The van der Waals surface area contributed by atoms with Crippen LogP contribution in [0.25, 0.3) is 22.8 Å². The summed E-state index contributed by atoms with van der Waals surface area (Å²) < 4.78 is 5.29. The Hall–Kier alpha value is -2.33. The molecule has 0 spiro atoms. The Bertz CT molecular complexity index is 747. The molecule has 0 atom stereocenters. The molecule has 0 saturated heterocycles. The number of hydrogen-bond donors (Lipinski definition) is 1. The number of nitrogen functional groups attached to an aromatic ring is 1. The topological polar surface area (TPSA) is 64.9 Å². The van der Waals surface area contributed by atoms with E-state index in [1.54, 1.807) is 18.2 Å². The standard InChI is InChI=1S/C15H12ClN3O/c1-9-4-2-3-5-13(9)14-18-15(20-19-14)10-6-11(16)8-12(17)7-10/h2-8H,17H2,1H3. The van der Waals surface area contributed by atoms with Gasteiger partial charge in [0.15, 0.2) is 0 Å². The number of hydrogen-bond acceptors (Lipinski definition) is 4. The van der Waals surface area contributed by atoms with Gasteiger partial charge in [0.05, 0.1) is 0 Å². The molecule has 0 bridgehead atoms. The molecular formula is C15H12ClN3O. The highest BCUT2D eigenvalue weighted by atomic mass is 35.5. The van der Waals surface area contributed by atoms with Crippen molar-refractivity contribution in [2.75, 3.05) is 5.73 Å². The lowest BCUT2D eigenvalue weighted by atomic mass is 10.1. The van der Waals surface area contributed by atoms with Crippen molar-refractivity contribution in [1.82, 2.24) is 10.1 Å². The van der Waals surface area contributed by atoms with Gasteiger partial charge in [-0.1, -0.05) is 41.0 Å². The fourth-order valence-corrected chi connectivity index (χ4v) is 2.25. The highest BCUT2D eigenvalue weighted by molar-refractivity contribution is 6.31. The first-order valence-corrected chi connectivity index (χ1v) is 6.47. The van der Waals surface area contributed by atoms with E-state index in [-0.39, 0.29) is 0 Å². The van der Waals surface area contributed by atoms with Crippen molar-refractivity contribution >= 4 is 17.3 Å². The molecule has 5 heteroatoms. The van der Waals surface area contributed by atoms with E-state index in [1.165, 1.54) is 0 Å². The second-order valence-corrected chi connectivity index (χ2v) is 4.95. The molecule has 0 amide bonds. The van der Waals surface area contributed by atoms with Crippen LogP contribution in [0.4, 0.5) is 5.69 Å². The largest absolute Gasteiger partial charge is 0.399 e. The summed E-state index contributed by atoms with van der Waals surface area (Å²) in [6, 6.07) is 13.0. The molecule has 4 nitrogen and oxygen atoms in total. The van der Waals surface area contributed by atoms with Crippen LogP contribution in [0, 0.1) is 6.92 Å². The number of halogens is 1. The summed E-state index contributed by atoms with van der Waals surface area (Å²) in [5.41, 5.74) is 9.06.